The second kappa shape index (κ2) is 2.88. The summed E-state index contributed by atoms with van der Waals surface area (Å²) in [6.45, 7) is 0. The number of fused-ring (bicyclic) bond motifs is 1. The molecule has 0 unspecified atom stereocenters. The van der Waals surface area contributed by atoms with Crippen molar-refractivity contribution in [3.05, 3.63) is 40.6 Å². The zero-order valence-electron chi connectivity index (χ0n) is 6.57. The summed E-state index contributed by atoms with van der Waals surface area (Å²) >= 11 is 3.32. The number of halogens is 1. The first kappa shape index (κ1) is 8.31. The van der Waals surface area contributed by atoms with Crippen LogP contribution in [0.15, 0.2) is 35.1 Å². The average molecular weight is 240 g/mol. The Bertz CT molecular complexity index is 475. The third-order valence-electron chi connectivity index (χ3n) is 1.81. The molecular formula is C9H6BrNO2. The summed E-state index contributed by atoms with van der Waals surface area (Å²) in [6.07, 6.45) is 3.40. The first-order chi connectivity index (χ1) is 6.16. The lowest BCUT2D eigenvalue weighted by Gasteiger charge is -1.92. The monoisotopic (exact) mass is 239 g/mol. The minimum atomic E-state index is -0.903. The van der Waals surface area contributed by atoms with Crippen molar-refractivity contribution in [1.82, 2.24) is 4.40 Å². The third kappa shape index (κ3) is 1.45. The van der Waals surface area contributed by atoms with Crippen LogP contribution >= 0.6 is 15.9 Å². The van der Waals surface area contributed by atoms with Crippen LogP contribution in [0.3, 0.4) is 0 Å². The first-order valence-corrected chi connectivity index (χ1v) is 4.47. The molecule has 0 fully saturated rings. The molecule has 0 saturated carbocycles. The van der Waals surface area contributed by atoms with E-state index in [-0.39, 0.29) is 0 Å². The van der Waals surface area contributed by atoms with Crippen molar-refractivity contribution in [2.45, 2.75) is 0 Å². The molecule has 0 saturated heterocycles. The van der Waals surface area contributed by atoms with Gasteiger partial charge in [-0.3, -0.25) is 0 Å². The lowest BCUT2D eigenvalue weighted by atomic mass is 10.3. The van der Waals surface area contributed by atoms with Crippen LogP contribution in [0.4, 0.5) is 0 Å². The van der Waals surface area contributed by atoms with Crippen molar-refractivity contribution in [3.8, 4) is 0 Å². The van der Waals surface area contributed by atoms with Gasteiger partial charge in [0.05, 0.1) is 5.56 Å². The van der Waals surface area contributed by atoms with Gasteiger partial charge >= 0.3 is 5.97 Å². The number of rotatable bonds is 1. The molecule has 4 heteroatoms. The molecule has 2 rings (SSSR count). The van der Waals surface area contributed by atoms with E-state index < -0.39 is 5.97 Å². The van der Waals surface area contributed by atoms with Gasteiger partial charge in [-0.25, -0.2) is 4.79 Å². The van der Waals surface area contributed by atoms with E-state index in [9.17, 15) is 4.79 Å². The Morgan fingerprint density at radius 1 is 1.46 bits per heavy atom. The lowest BCUT2D eigenvalue weighted by Crippen LogP contribution is -1.91. The molecule has 66 valence electrons. The minimum absolute atomic E-state index is 0.304. The highest BCUT2D eigenvalue weighted by molar-refractivity contribution is 9.10. The van der Waals surface area contributed by atoms with E-state index in [1.54, 1.807) is 16.7 Å². The maximum Gasteiger partial charge on any atom is 0.337 e. The lowest BCUT2D eigenvalue weighted by molar-refractivity contribution is 0.0697. The molecule has 1 N–H and O–H groups in total. The van der Waals surface area contributed by atoms with Gasteiger partial charge in [0.2, 0.25) is 0 Å². The summed E-state index contributed by atoms with van der Waals surface area (Å²) in [5, 5.41) is 8.73. The Kier molecular flexibility index (Phi) is 1.84. The smallest absolute Gasteiger partial charge is 0.337 e. The van der Waals surface area contributed by atoms with E-state index in [2.05, 4.69) is 15.9 Å². The van der Waals surface area contributed by atoms with Crippen LogP contribution in [0.25, 0.3) is 5.52 Å². The second-order valence-electron chi connectivity index (χ2n) is 2.71. The number of aromatic carboxylic acids is 1. The van der Waals surface area contributed by atoms with E-state index in [0.29, 0.717) is 5.56 Å². The molecule has 0 aliphatic carbocycles. The van der Waals surface area contributed by atoms with Crippen LogP contribution in [-0.2, 0) is 0 Å². The maximum atomic E-state index is 10.6. The van der Waals surface area contributed by atoms with Crippen molar-refractivity contribution in [2.24, 2.45) is 0 Å². The summed E-state index contributed by atoms with van der Waals surface area (Å²) in [7, 11) is 0. The Balaban J connectivity index is 2.68. The van der Waals surface area contributed by atoms with Gasteiger partial charge in [-0.05, 0) is 18.2 Å². The van der Waals surface area contributed by atoms with Crippen LogP contribution in [0.5, 0.6) is 0 Å². The molecule has 3 nitrogen and oxygen atoms in total. The molecule has 2 aromatic rings. The Morgan fingerprint density at radius 2 is 2.23 bits per heavy atom. The third-order valence-corrected chi connectivity index (χ3v) is 2.30. The minimum Gasteiger partial charge on any atom is -0.478 e. The molecule has 0 atom stereocenters. The van der Waals surface area contributed by atoms with E-state index >= 15 is 0 Å². The fourth-order valence-electron chi connectivity index (χ4n) is 1.20. The number of hydrogen-bond donors (Lipinski definition) is 1. The summed E-state index contributed by atoms with van der Waals surface area (Å²) in [5.74, 6) is -0.903. The molecule has 13 heavy (non-hydrogen) atoms. The van der Waals surface area contributed by atoms with E-state index in [4.69, 9.17) is 5.11 Å². The molecule has 0 aromatic carbocycles. The van der Waals surface area contributed by atoms with Crippen LogP contribution in [0.2, 0.25) is 0 Å². The van der Waals surface area contributed by atoms with E-state index in [1.165, 1.54) is 0 Å². The highest BCUT2D eigenvalue weighted by Gasteiger charge is 2.05. The van der Waals surface area contributed by atoms with Crippen molar-refractivity contribution in [1.29, 1.82) is 0 Å². The summed E-state index contributed by atoms with van der Waals surface area (Å²) < 4.78 is 2.71. The normalized spacial score (nSPS) is 10.5. The Hall–Kier alpha value is -1.29. The summed E-state index contributed by atoms with van der Waals surface area (Å²) in [6, 6.07) is 5.36. The fraction of sp³-hybridized carbons (Fsp3) is 0. The number of carbonyl (C=O) groups is 1. The summed E-state index contributed by atoms with van der Waals surface area (Å²) in [5.41, 5.74) is 1.17. The van der Waals surface area contributed by atoms with Gasteiger partial charge < -0.3 is 9.51 Å². The number of hydrogen-bond acceptors (Lipinski definition) is 1. The van der Waals surface area contributed by atoms with Gasteiger partial charge in [-0.1, -0.05) is 15.9 Å². The largest absolute Gasteiger partial charge is 0.478 e. The van der Waals surface area contributed by atoms with E-state index in [1.807, 2.05) is 18.3 Å². The topological polar surface area (TPSA) is 41.7 Å². The number of carboxylic acid groups (broad SMARTS) is 1. The predicted molar refractivity (Wildman–Crippen MR) is 52.1 cm³/mol. The Morgan fingerprint density at radius 3 is 2.92 bits per heavy atom. The molecule has 0 bridgehead atoms. The van der Waals surface area contributed by atoms with Crippen molar-refractivity contribution < 1.29 is 9.90 Å². The van der Waals surface area contributed by atoms with E-state index in [0.717, 1.165) is 9.99 Å². The second-order valence-corrected chi connectivity index (χ2v) is 3.63. The molecule has 2 aromatic heterocycles. The number of aromatic nitrogens is 1. The predicted octanol–water partition coefficient (Wildman–Crippen LogP) is 2.40. The number of pyridine rings is 1. The Labute approximate surface area is 82.7 Å². The van der Waals surface area contributed by atoms with Crippen LogP contribution < -0.4 is 0 Å². The molecule has 0 spiro atoms. The van der Waals surface area contributed by atoms with Crippen molar-refractivity contribution >= 4 is 27.4 Å². The van der Waals surface area contributed by atoms with Gasteiger partial charge in [-0.15, -0.1) is 0 Å². The SMILES string of the molecule is O=C(O)c1cc2cc(Br)ccn2c1. The van der Waals surface area contributed by atoms with Crippen LogP contribution in [0.1, 0.15) is 10.4 Å². The number of nitrogens with zero attached hydrogens (tertiary/aromatic N) is 1. The summed E-state index contributed by atoms with van der Waals surface area (Å²) in [4.78, 5) is 10.6. The standard InChI is InChI=1S/C9H6BrNO2/c10-7-1-2-11-5-6(9(12)13)3-8(11)4-7/h1-5H,(H,12,13). The van der Waals surface area contributed by atoms with Gasteiger partial charge in [0.25, 0.3) is 0 Å². The molecular weight excluding hydrogens is 234 g/mol. The first-order valence-electron chi connectivity index (χ1n) is 3.67. The van der Waals surface area contributed by atoms with Crippen molar-refractivity contribution in [3.63, 3.8) is 0 Å². The van der Waals surface area contributed by atoms with Gasteiger partial charge in [0.1, 0.15) is 0 Å². The van der Waals surface area contributed by atoms with Crippen LogP contribution in [0, 0.1) is 0 Å². The van der Waals surface area contributed by atoms with Crippen LogP contribution in [-0.4, -0.2) is 15.5 Å². The zero-order chi connectivity index (χ0) is 9.42. The molecule has 0 amide bonds. The van der Waals surface area contributed by atoms with Gasteiger partial charge in [0, 0.05) is 22.4 Å². The number of carboxylic acids is 1. The molecule has 0 aliphatic heterocycles. The molecule has 0 aliphatic rings. The molecule has 0 radical (unpaired) electrons. The quantitative estimate of drug-likeness (QED) is 0.831. The maximum absolute atomic E-state index is 10.6. The van der Waals surface area contributed by atoms with Crippen molar-refractivity contribution in [2.75, 3.05) is 0 Å². The molecule has 2 heterocycles. The van der Waals surface area contributed by atoms with Gasteiger partial charge in [0.15, 0.2) is 0 Å². The fourth-order valence-corrected chi connectivity index (χ4v) is 1.55. The van der Waals surface area contributed by atoms with Gasteiger partial charge in [-0.2, -0.15) is 0 Å². The zero-order valence-corrected chi connectivity index (χ0v) is 8.15. The highest BCUT2D eigenvalue weighted by atomic mass is 79.9. The highest BCUT2D eigenvalue weighted by Crippen LogP contribution is 2.15. The average Bonchev–Trinajstić information content (AvgIpc) is 2.46.